The van der Waals surface area contributed by atoms with Crippen molar-refractivity contribution in [1.29, 1.82) is 0 Å². The Labute approximate surface area is 116 Å². The van der Waals surface area contributed by atoms with Crippen molar-refractivity contribution < 1.29 is 4.79 Å². The van der Waals surface area contributed by atoms with E-state index in [0.717, 1.165) is 5.69 Å². The zero-order chi connectivity index (χ0) is 14.0. The highest BCUT2D eigenvalue weighted by molar-refractivity contribution is 6.30. The van der Waals surface area contributed by atoms with Gasteiger partial charge in [-0.3, -0.25) is 14.2 Å². The largest absolute Gasteiger partial charge is 0.321 e. The van der Waals surface area contributed by atoms with E-state index in [1.807, 2.05) is 20.9 Å². The summed E-state index contributed by atoms with van der Waals surface area (Å²) in [6.07, 6.45) is 5.43. The Bertz CT molecular complexity index is 589. The maximum absolute atomic E-state index is 12.3. The fraction of sp³-hybridized carbons (Fsp3) is 0.417. The molecule has 1 N–H and O–H groups in total. The standard InChI is InChI=1S/C12H16ClN5O/c1-4-11(18-7-9(13)5-15-18)12(19)16-10-6-14-17(3)8(10)2/h5-7,11H,4H2,1-3H3,(H,16,19). The van der Waals surface area contributed by atoms with Crippen LogP contribution in [0.4, 0.5) is 5.69 Å². The average molecular weight is 282 g/mol. The highest BCUT2D eigenvalue weighted by Crippen LogP contribution is 2.18. The number of halogens is 1. The number of anilines is 1. The van der Waals surface area contributed by atoms with Gasteiger partial charge >= 0.3 is 0 Å². The second kappa shape index (κ2) is 5.44. The normalized spacial score (nSPS) is 12.4. The van der Waals surface area contributed by atoms with Gasteiger partial charge in [-0.1, -0.05) is 18.5 Å². The Morgan fingerprint density at radius 1 is 1.47 bits per heavy atom. The minimum atomic E-state index is -0.382. The van der Waals surface area contributed by atoms with Crippen molar-refractivity contribution in [2.24, 2.45) is 7.05 Å². The minimum absolute atomic E-state index is 0.127. The molecule has 0 saturated heterocycles. The summed E-state index contributed by atoms with van der Waals surface area (Å²) in [7, 11) is 1.83. The molecule has 19 heavy (non-hydrogen) atoms. The van der Waals surface area contributed by atoms with Crippen molar-refractivity contribution in [1.82, 2.24) is 19.6 Å². The molecule has 0 fully saturated rings. The summed E-state index contributed by atoms with van der Waals surface area (Å²) in [5.74, 6) is -0.127. The SMILES string of the molecule is CCC(C(=O)Nc1cnn(C)c1C)n1cc(Cl)cn1. The molecule has 0 aliphatic heterocycles. The first-order chi connectivity index (χ1) is 9.02. The van der Waals surface area contributed by atoms with Gasteiger partial charge in [-0.2, -0.15) is 10.2 Å². The number of amides is 1. The molecule has 1 amide bonds. The molecule has 0 saturated carbocycles. The van der Waals surface area contributed by atoms with E-state index in [1.54, 1.807) is 21.8 Å². The van der Waals surface area contributed by atoms with Gasteiger partial charge < -0.3 is 5.32 Å². The number of hydrogen-bond donors (Lipinski definition) is 1. The lowest BCUT2D eigenvalue weighted by molar-refractivity contribution is -0.119. The molecule has 7 heteroatoms. The number of rotatable bonds is 4. The van der Waals surface area contributed by atoms with Crippen molar-refractivity contribution in [3.05, 3.63) is 29.3 Å². The van der Waals surface area contributed by atoms with Gasteiger partial charge in [0.2, 0.25) is 5.91 Å². The Morgan fingerprint density at radius 3 is 2.68 bits per heavy atom. The molecule has 0 aliphatic rings. The van der Waals surface area contributed by atoms with Crippen LogP contribution in [0.2, 0.25) is 5.02 Å². The predicted molar refractivity (Wildman–Crippen MR) is 73.1 cm³/mol. The summed E-state index contributed by atoms with van der Waals surface area (Å²) in [5.41, 5.74) is 1.62. The van der Waals surface area contributed by atoms with Gasteiger partial charge in [0.1, 0.15) is 6.04 Å². The monoisotopic (exact) mass is 281 g/mol. The van der Waals surface area contributed by atoms with E-state index in [2.05, 4.69) is 15.5 Å². The molecule has 102 valence electrons. The number of nitrogens with zero attached hydrogens (tertiary/aromatic N) is 4. The highest BCUT2D eigenvalue weighted by atomic mass is 35.5. The molecular weight excluding hydrogens is 266 g/mol. The summed E-state index contributed by atoms with van der Waals surface area (Å²) in [5, 5.41) is 11.6. The second-order valence-corrected chi connectivity index (χ2v) is 4.76. The van der Waals surface area contributed by atoms with Crippen molar-refractivity contribution in [2.75, 3.05) is 5.32 Å². The molecule has 2 rings (SSSR count). The molecule has 0 spiro atoms. The number of hydrogen-bond acceptors (Lipinski definition) is 3. The van der Waals surface area contributed by atoms with Crippen LogP contribution in [0, 0.1) is 6.92 Å². The van der Waals surface area contributed by atoms with Crippen molar-refractivity contribution in [3.63, 3.8) is 0 Å². The number of nitrogens with one attached hydrogen (secondary N) is 1. The Morgan fingerprint density at radius 2 is 2.21 bits per heavy atom. The number of carbonyl (C=O) groups excluding carboxylic acids is 1. The fourth-order valence-corrected chi connectivity index (χ4v) is 1.96. The van der Waals surface area contributed by atoms with Crippen LogP contribution in [-0.2, 0) is 11.8 Å². The van der Waals surface area contributed by atoms with E-state index in [9.17, 15) is 4.79 Å². The third kappa shape index (κ3) is 2.78. The third-order valence-corrected chi connectivity index (χ3v) is 3.27. The zero-order valence-corrected chi connectivity index (χ0v) is 11.8. The fourth-order valence-electron chi connectivity index (χ4n) is 1.82. The third-order valence-electron chi connectivity index (χ3n) is 3.07. The average Bonchev–Trinajstić information content (AvgIpc) is 2.92. The van der Waals surface area contributed by atoms with Crippen molar-refractivity contribution in [2.45, 2.75) is 26.3 Å². The molecule has 1 atom stereocenters. The summed E-state index contributed by atoms with van der Waals surface area (Å²) < 4.78 is 3.28. The number of aromatic nitrogens is 4. The van der Waals surface area contributed by atoms with Gasteiger partial charge in [0.15, 0.2) is 0 Å². The first-order valence-corrected chi connectivity index (χ1v) is 6.39. The van der Waals surface area contributed by atoms with Crippen molar-refractivity contribution in [3.8, 4) is 0 Å². The quantitative estimate of drug-likeness (QED) is 0.934. The van der Waals surface area contributed by atoms with Gasteiger partial charge in [0.05, 0.1) is 28.8 Å². The lowest BCUT2D eigenvalue weighted by Gasteiger charge is -2.15. The molecule has 0 bridgehead atoms. The van der Waals surface area contributed by atoms with E-state index in [-0.39, 0.29) is 11.9 Å². The van der Waals surface area contributed by atoms with Gasteiger partial charge in [0, 0.05) is 13.2 Å². The van der Waals surface area contributed by atoms with Crippen LogP contribution in [-0.4, -0.2) is 25.5 Å². The van der Waals surface area contributed by atoms with Crippen LogP contribution in [0.15, 0.2) is 18.6 Å². The number of aryl methyl sites for hydroxylation is 1. The molecule has 0 aromatic carbocycles. The maximum Gasteiger partial charge on any atom is 0.249 e. The van der Waals surface area contributed by atoms with Crippen LogP contribution in [0.25, 0.3) is 0 Å². The van der Waals surface area contributed by atoms with Crippen LogP contribution < -0.4 is 5.32 Å². The molecule has 0 radical (unpaired) electrons. The summed E-state index contributed by atoms with van der Waals surface area (Å²) in [6.45, 7) is 3.82. The molecule has 2 heterocycles. The summed E-state index contributed by atoms with van der Waals surface area (Å²) in [6, 6.07) is -0.382. The summed E-state index contributed by atoms with van der Waals surface area (Å²) in [4.78, 5) is 12.3. The minimum Gasteiger partial charge on any atom is -0.321 e. The summed E-state index contributed by atoms with van der Waals surface area (Å²) >= 11 is 5.83. The predicted octanol–water partition coefficient (Wildman–Crippen LogP) is 2.17. The molecule has 1 unspecified atom stereocenters. The van der Waals surface area contributed by atoms with E-state index in [1.165, 1.54) is 6.20 Å². The van der Waals surface area contributed by atoms with Crippen LogP contribution in [0.1, 0.15) is 25.1 Å². The first-order valence-electron chi connectivity index (χ1n) is 6.02. The zero-order valence-electron chi connectivity index (χ0n) is 11.1. The lowest BCUT2D eigenvalue weighted by Crippen LogP contribution is -2.26. The van der Waals surface area contributed by atoms with Gasteiger partial charge in [-0.05, 0) is 13.3 Å². The van der Waals surface area contributed by atoms with Crippen molar-refractivity contribution >= 4 is 23.2 Å². The molecule has 2 aromatic heterocycles. The topological polar surface area (TPSA) is 64.7 Å². The highest BCUT2D eigenvalue weighted by Gasteiger charge is 2.20. The van der Waals surface area contributed by atoms with E-state index in [4.69, 9.17) is 11.6 Å². The van der Waals surface area contributed by atoms with E-state index >= 15 is 0 Å². The van der Waals surface area contributed by atoms with Crippen LogP contribution in [0.3, 0.4) is 0 Å². The van der Waals surface area contributed by atoms with Gasteiger partial charge in [-0.25, -0.2) is 0 Å². The molecule has 2 aromatic rings. The first kappa shape index (κ1) is 13.6. The molecule has 0 aliphatic carbocycles. The molecule has 6 nitrogen and oxygen atoms in total. The smallest absolute Gasteiger partial charge is 0.249 e. The van der Waals surface area contributed by atoms with Gasteiger partial charge in [-0.15, -0.1) is 0 Å². The van der Waals surface area contributed by atoms with E-state index in [0.29, 0.717) is 17.1 Å². The Hall–Kier alpha value is -1.82. The number of carbonyl (C=O) groups is 1. The maximum atomic E-state index is 12.3. The lowest BCUT2D eigenvalue weighted by atomic mass is 10.2. The Kier molecular flexibility index (Phi) is 3.90. The molecular formula is C12H16ClN5O. The van der Waals surface area contributed by atoms with E-state index < -0.39 is 0 Å². The van der Waals surface area contributed by atoms with Gasteiger partial charge in [0.25, 0.3) is 0 Å². The second-order valence-electron chi connectivity index (χ2n) is 4.32. The Balaban J connectivity index is 2.16. The van der Waals surface area contributed by atoms with Crippen LogP contribution >= 0.6 is 11.6 Å². The van der Waals surface area contributed by atoms with Crippen LogP contribution in [0.5, 0.6) is 0 Å².